The van der Waals surface area contributed by atoms with E-state index in [1.165, 1.54) is 0 Å². The Morgan fingerprint density at radius 1 is 1.42 bits per heavy atom. The van der Waals surface area contributed by atoms with Crippen LogP contribution in [-0.2, 0) is 9.53 Å². The van der Waals surface area contributed by atoms with Crippen LogP contribution in [0, 0.1) is 0 Å². The molecular weight excluding hydrogens is 244 g/mol. The first-order valence-corrected chi connectivity index (χ1v) is 6.41. The molecule has 1 aliphatic rings. The van der Waals surface area contributed by atoms with Crippen molar-refractivity contribution in [1.29, 1.82) is 0 Å². The summed E-state index contributed by atoms with van der Waals surface area (Å²) in [7, 11) is 3.55. The molecule has 0 spiro atoms. The summed E-state index contributed by atoms with van der Waals surface area (Å²) in [6.45, 7) is 2.13. The van der Waals surface area contributed by atoms with Gasteiger partial charge in [0.05, 0.1) is 13.7 Å². The lowest BCUT2D eigenvalue weighted by molar-refractivity contribution is -0.143. The zero-order chi connectivity index (χ0) is 13.7. The molecule has 1 N–H and O–H groups in total. The van der Waals surface area contributed by atoms with Gasteiger partial charge in [0, 0.05) is 19.1 Å². The van der Waals surface area contributed by atoms with Gasteiger partial charge >= 0.3 is 0 Å². The van der Waals surface area contributed by atoms with E-state index in [9.17, 15) is 4.79 Å². The molecule has 0 aliphatic carbocycles. The lowest BCUT2D eigenvalue weighted by Gasteiger charge is -2.30. The molecule has 1 fully saturated rings. The van der Waals surface area contributed by atoms with Crippen LogP contribution in [0.5, 0.6) is 5.75 Å². The van der Waals surface area contributed by atoms with Crippen LogP contribution in [0.2, 0.25) is 0 Å². The van der Waals surface area contributed by atoms with E-state index >= 15 is 0 Å². The Bertz CT molecular complexity index is 419. The number of ether oxygens (including phenoxy) is 2. The van der Waals surface area contributed by atoms with Crippen LogP contribution in [-0.4, -0.2) is 51.3 Å². The molecule has 0 bridgehead atoms. The molecule has 1 heterocycles. The predicted octanol–water partition coefficient (Wildman–Crippen LogP) is 0.815. The Morgan fingerprint density at radius 2 is 2.16 bits per heavy atom. The molecule has 0 radical (unpaired) electrons. The monoisotopic (exact) mass is 264 g/mol. The average molecular weight is 264 g/mol. The second-order valence-electron chi connectivity index (χ2n) is 4.51. The number of hydrogen-bond donors (Lipinski definition) is 1. The van der Waals surface area contributed by atoms with Gasteiger partial charge in [-0.05, 0) is 24.7 Å². The lowest BCUT2D eigenvalue weighted by atomic mass is 10.1. The Kier molecular flexibility index (Phi) is 4.76. The molecule has 0 aromatic heterocycles. The van der Waals surface area contributed by atoms with Gasteiger partial charge in [-0.25, -0.2) is 0 Å². The number of morpholine rings is 1. The maximum atomic E-state index is 11.7. The molecule has 1 aromatic carbocycles. The van der Waals surface area contributed by atoms with Gasteiger partial charge in [-0.3, -0.25) is 4.79 Å². The van der Waals surface area contributed by atoms with Gasteiger partial charge in [-0.2, -0.15) is 0 Å². The van der Waals surface area contributed by atoms with E-state index < -0.39 is 0 Å². The second kappa shape index (κ2) is 6.54. The summed E-state index contributed by atoms with van der Waals surface area (Å²) in [5.74, 6) is 0.890. The van der Waals surface area contributed by atoms with Crippen LogP contribution in [0.15, 0.2) is 24.3 Å². The molecule has 0 saturated carbocycles. The quantitative estimate of drug-likeness (QED) is 0.855. The summed E-state index contributed by atoms with van der Waals surface area (Å²) in [5.41, 5.74) is 1.14. The number of nitrogens with one attached hydrogen (secondary N) is 1. The number of benzene rings is 1. The largest absolute Gasteiger partial charge is 0.497 e. The van der Waals surface area contributed by atoms with Crippen LogP contribution in [0.3, 0.4) is 0 Å². The topological polar surface area (TPSA) is 50.8 Å². The minimum absolute atomic E-state index is 0.0556. The fourth-order valence-electron chi connectivity index (χ4n) is 2.16. The van der Waals surface area contributed by atoms with Crippen molar-refractivity contribution in [1.82, 2.24) is 10.2 Å². The van der Waals surface area contributed by atoms with Gasteiger partial charge in [-0.15, -0.1) is 0 Å². The standard InChI is InChI=1S/C14H20N2O3/c1-15-13(9-16-7-8-19-10-14(16)17)11-3-5-12(18-2)6-4-11/h3-6,13,15H,7-10H2,1-2H3. The van der Waals surface area contributed by atoms with Gasteiger partial charge in [-0.1, -0.05) is 12.1 Å². The first-order chi connectivity index (χ1) is 9.24. The molecule has 1 aromatic rings. The zero-order valence-electron chi connectivity index (χ0n) is 11.4. The maximum Gasteiger partial charge on any atom is 0.248 e. The zero-order valence-corrected chi connectivity index (χ0v) is 11.4. The number of hydrogen-bond acceptors (Lipinski definition) is 4. The van der Waals surface area contributed by atoms with Crippen molar-refractivity contribution in [3.63, 3.8) is 0 Å². The maximum absolute atomic E-state index is 11.7. The van der Waals surface area contributed by atoms with Gasteiger partial charge in [0.1, 0.15) is 12.4 Å². The first kappa shape index (κ1) is 13.8. The van der Waals surface area contributed by atoms with Gasteiger partial charge in [0.2, 0.25) is 5.91 Å². The van der Waals surface area contributed by atoms with Crippen molar-refractivity contribution in [2.45, 2.75) is 6.04 Å². The number of rotatable bonds is 5. The summed E-state index contributed by atoms with van der Waals surface area (Å²) in [5, 5.41) is 3.25. The Balaban J connectivity index is 2.04. The predicted molar refractivity (Wildman–Crippen MR) is 72.2 cm³/mol. The lowest BCUT2D eigenvalue weighted by Crippen LogP contribution is -2.45. The van der Waals surface area contributed by atoms with E-state index in [4.69, 9.17) is 9.47 Å². The Labute approximate surface area is 113 Å². The normalized spacial score (nSPS) is 17.4. The van der Waals surface area contributed by atoms with E-state index in [0.29, 0.717) is 19.7 Å². The van der Waals surface area contributed by atoms with Gasteiger partial charge in [0.15, 0.2) is 0 Å². The summed E-state index contributed by atoms with van der Waals surface area (Å²) >= 11 is 0. The van der Waals surface area contributed by atoms with E-state index in [-0.39, 0.29) is 18.6 Å². The fraction of sp³-hybridized carbons (Fsp3) is 0.500. The van der Waals surface area contributed by atoms with E-state index in [2.05, 4.69) is 5.32 Å². The number of amides is 1. The number of carbonyl (C=O) groups is 1. The van der Waals surface area contributed by atoms with Crippen LogP contribution in [0.1, 0.15) is 11.6 Å². The average Bonchev–Trinajstić information content (AvgIpc) is 2.47. The third kappa shape index (κ3) is 3.45. The highest BCUT2D eigenvalue weighted by atomic mass is 16.5. The van der Waals surface area contributed by atoms with Crippen molar-refractivity contribution in [3.05, 3.63) is 29.8 Å². The fourth-order valence-corrected chi connectivity index (χ4v) is 2.16. The van der Waals surface area contributed by atoms with Crippen LogP contribution < -0.4 is 10.1 Å². The molecule has 104 valence electrons. The van der Waals surface area contributed by atoms with Crippen molar-refractivity contribution in [2.75, 3.05) is 40.5 Å². The minimum atomic E-state index is 0.0556. The highest BCUT2D eigenvalue weighted by molar-refractivity contribution is 5.78. The van der Waals surface area contributed by atoms with Gasteiger partial charge < -0.3 is 19.7 Å². The Morgan fingerprint density at radius 3 is 2.74 bits per heavy atom. The molecule has 19 heavy (non-hydrogen) atoms. The molecule has 1 aliphatic heterocycles. The van der Waals surface area contributed by atoms with Crippen molar-refractivity contribution in [3.8, 4) is 5.75 Å². The van der Waals surface area contributed by atoms with E-state index in [1.807, 2.05) is 36.2 Å². The van der Waals surface area contributed by atoms with Crippen molar-refractivity contribution >= 4 is 5.91 Å². The third-order valence-electron chi connectivity index (χ3n) is 3.35. The first-order valence-electron chi connectivity index (χ1n) is 6.41. The van der Waals surface area contributed by atoms with Crippen molar-refractivity contribution < 1.29 is 14.3 Å². The molecular formula is C14H20N2O3. The summed E-state index contributed by atoms with van der Waals surface area (Å²) in [6.07, 6.45) is 0. The summed E-state index contributed by atoms with van der Waals surface area (Å²) in [6, 6.07) is 8.02. The molecule has 1 atom stereocenters. The number of methoxy groups -OCH3 is 1. The number of nitrogens with zero attached hydrogens (tertiary/aromatic N) is 1. The molecule has 5 heteroatoms. The summed E-state index contributed by atoms with van der Waals surface area (Å²) < 4.78 is 10.3. The number of likely N-dealkylation sites (N-methyl/N-ethyl adjacent to an activating group) is 1. The SMILES string of the molecule is CNC(CN1CCOCC1=O)c1ccc(OC)cc1. The molecule has 5 nitrogen and oxygen atoms in total. The van der Waals surface area contributed by atoms with Crippen molar-refractivity contribution in [2.24, 2.45) is 0 Å². The highest BCUT2D eigenvalue weighted by Gasteiger charge is 2.22. The molecule has 1 unspecified atom stereocenters. The number of carbonyl (C=O) groups excluding carboxylic acids is 1. The van der Waals surface area contributed by atoms with Crippen LogP contribution in [0.4, 0.5) is 0 Å². The molecule has 1 amide bonds. The highest BCUT2D eigenvalue weighted by Crippen LogP contribution is 2.19. The summed E-state index contributed by atoms with van der Waals surface area (Å²) in [4.78, 5) is 13.6. The minimum Gasteiger partial charge on any atom is -0.497 e. The smallest absolute Gasteiger partial charge is 0.248 e. The Hall–Kier alpha value is -1.59. The van der Waals surface area contributed by atoms with Crippen LogP contribution in [0.25, 0.3) is 0 Å². The molecule has 2 rings (SSSR count). The second-order valence-corrected chi connectivity index (χ2v) is 4.51. The van der Waals surface area contributed by atoms with Crippen LogP contribution >= 0.6 is 0 Å². The van der Waals surface area contributed by atoms with E-state index in [0.717, 1.165) is 11.3 Å². The molecule has 1 saturated heterocycles. The van der Waals surface area contributed by atoms with E-state index in [1.54, 1.807) is 7.11 Å². The third-order valence-corrected chi connectivity index (χ3v) is 3.35. The van der Waals surface area contributed by atoms with Gasteiger partial charge in [0.25, 0.3) is 0 Å².